The van der Waals surface area contributed by atoms with Crippen molar-refractivity contribution in [2.45, 2.75) is 20.1 Å². The van der Waals surface area contributed by atoms with Crippen LogP contribution in [0.1, 0.15) is 18.1 Å². The lowest BCUT2D eigenvalue weighted by atomic mass is 10.2. The van der Waals surface area contributed by atoms with E-state index in [2.05, 4.69) is 10.6 Å². The summed E-state index contributed by atoms with van der Waals surface area (Å²) >= 11 is 6.10. The Bertz CT molecular complexity index is 1030. The molecule has 0 atom stereocenters. The third-order valence-electron chi connectivity index (χ3n) is 4.65. The topological polar surface area (TPSA) is 85.7 Å². The van der Waals surface area contributed by atoms with Gasteiger partial charge in [0, 0.05) is 31.8 Å². The number of benzene rings is 3. The molecule has 7 nitrogen and oxygen atoms in total. The van der Waals surface area contributed by atoms with Crippen LogP contribution in [0.4, 0.5) is 11.4 Å². The van der Waals surface area contributed by atoms with Crippen molar-refractivity contribution in [2.24, 2.45) is 0 Å². The van der Waals surface area contributed by atoms with E-state index >= 15 is 0 Å². The first kappa shape index (κ1) is 23.4. The number of hydrogen-bond donors (Lipinski definition) is 2. The van der Waals surface area contributed by atoms with Gasteiger partial charge in [0.2, 0.25) is 0 Å². The molecule has 3 rings (SSSR count). The van der Waals surface area contributed by atoms with Crippen molar-refractivity contribution in [2.75, 3.05) is 25.0 Å². The van der Waals surface area contributed by atoms with E-state index in [1.165, 1.54) is 12.1 Å². The summed E-state index contributed by atoms with van der Waals surface area (Å²) in [5.74, 6) is 1.44. The maximum atomic E-state index is 10.8. The Morgan fingerprint density at radius 1 is 0.938 bits per heavy atom. The molecule has 0 saturated heterocycles. The molecule has 0 aliphatic carbocycles. The number of rotatable bonds is 12. The normalized spacial score (nSPS) is 10.6. The van der Waals surface area contributed by atoms with Gasteiger partial charge in [-0.15, -0.1) is 0 Å². The van der Waals surface area contributed by atoms with E-state index < -0.39 is 4.92 Å². The highest BCUT2D eigenvalue weighted by molar-refractivity contribution is 6.33. The molecule has 0 aliphatic heterocycles. The number of non-ortho nitro benzene ring substituents is 1. The van der Waals surface area contributed by atoms with Crippen LogP contribution in [0.3, 0.4) is 0 Å². The molecule has 2 N–H and O–H groups in total. The van der Waals surface area contributed by atoms with Crippen LogP contribution in [0, 0.1) is 10.1 Å². The van der Waals surface area contributed by atoms with Gasteiger partial charge in [0.15, 0.2) is 11.5 Å². The highest BCUT2D eigenvalue weighted by Gasteiger charge is 2.09. The molecular weight excluding hydrogens is 430 g/mol. The lowest BCUT2D eigenvalue weighted by Crippen LogP contribution is -2.22. The summed E-state index contributed by atoms with van der Waals surface area (Å²) in [6.07, 6.45) is 0. The molecule has 0 heterocycles. The molecule has 3 aromatic rings. The quantitative estimate of drug-likeness (QED) is 0.215. The van der Waals surface area contributed by atoms with E-state index in [0.29, 0.717) is 49.3 Å². The number of nitrogens with zero attached hydrogens (tertiary/aromatic N) is 1. The van der Waals surface area contributed by atoms with Crippen molar-refractivity contribution in [3.8, 4) is 11.5 Å². The van der Waals surface area contributed by atoms with E-state index in [4.69, 9.17) is 21.1 Å². The number of nitrogens with one attached hydrogen (secondary N) is 2. The number of halogens is 1. The fourth-order valence-electron chi connectivity index (χ4n) is 3.06. The van der Waals surface area contributed by atoms with Gasteiger partial charge in [0.1, 0.15) is 6.61 Å². The second kappa shape index (κ2) is 11.9. The third-order valence-corrected chi connectivity index (χ3v) is 4.97. The Hall–Kier alpha value is -3.29. The van der Waals surface area contributed by atoms with Crippen LogP contribution < -0.4 is 20.1 Å². The standard InChI is InChI=1S/C24H26ClN3O4/c1-2-31-24-14-19(8-11-23(24)32-17-18-6-4-3-5-7-18)16-26-12-13-27-22-10-9-20(28(29)30)15-21(22)25/h3-11,14-15,26-27H,2,12-13,16-17H2,1H3. The fourth-order valence-corrected chi connectivity index (χ4v) is 3.31. The van der Waals surface area contributed by atoms with Gasteiger partial charge < -0.3 is 20.1 Å². The van der Waals surface area contributed by atoms with Crippen molar-refractivity contribution in [1.29, 1.82) is 0 Å². The van der Waals surface area contributed by atoms with E-state index in [9.17, 15) is 10.1 Å². The second-order valence-electron chi connectivity index (χ2n) is 7.01. The van der Waals surface area contributed by atoms with Gasteiger partial charge in [-0.3, -0.25) is 10.1 Å². The number of anilines is 1. The number of hydrogen-bond acceptors (Lipinski definition) is 6. The monoisotopic (exact) mass is 455 g/mol. The first-order valence-electron chi connectivity index (χ1n) is 10.4. The van der Waals surface area contributed by atoms with Gasteiger partial charge >= 0.3 is 0 Å². The minimum atomic E-state index is -0.467. The highest BCUT2D eigenvalue weighted by atomic mass is 35.5. The third kappa shape index (κ3) is 6.87. The van der Waals surface area contributed by atoms with Crippen molar-refractivity contribution < 1.29 is 14.4 Å². The zero-order valence-electron chi connectivity index (χ0n) is 17.8. The van der Waals surface area contributed by atoms with Crippen molar-refractivity contribution in [1.82, 2.24) is 5.32 Å². The molecule has 0 radical (unpaired) electrons. The number of nitro groups is 1. The van der Waals surface area contributed by atoms with E-state index in [-0.39, 0.29) is 5.69 Å². The first-order valence-corrected chi connectivity index (χ1v) is 10.8. The summed E-state index contributed by atoms with van der Waals surface area (Å²) in [6.45, 7) is 4.95. The van der Waals surface area contributed by atoms with E-state index in [1.54, 1.807) is 6.07 Å². The average molecular weight is 456 g/mol. The molecule has 168 valence electrons. The first-order chi connectivity index (χ1) is 15.6. The fraction of sp³-hybridized carbons (Fsp3) is 0.250. The zero-order valence-corrected chi connectivity index (χ0v) is 18.6. The van der Waals surface area contributed by atoms with Crippen LogP contribution in [-0.4, -0.2) is 24.6 Å². The van der Waals surface area contributed by atoms with Crippen molar-refractivity contribution >= 4 is 23.0 Å². The molecule has 0 saturated carbocycles. The summed E-state index contributed by atoms with van der Waals surface area (Å²) in [7, 11) is 0. The molecule has 0 bridgehead atoms. The molecule has 3 aromatic carbocycles. The lowest BCUT2D eigenvalue weighted by molar-refractivity contribution is -0.384. The summed E-state index contributed by atoms with van der Waals surface area (Å²) in [4.78, 5) is 10.3. The minimum Gasteiger partial charge on any atom is -0.490 e. The summed E-state index contributed by atoms with van der Waals surface area (Å²) in [5, 5.41) is 17.6. The Balaban J connectivity index is 1.48. The maximum Gasteiger partial charge on any atom is 0.271 e. The molecule has 0 amide bonds. The minimum absolute atomic E-state index is 0.0278. The van der Waals surface area contributed by atoms with Crippen LogP contribution in [0.2, 0.25) is 5.02 Å². The van der Waals surface area contributed by atoms with Crippen LogP contribution in [-0.2, 0) is 13.2 Å². The Labute approximate surface area is 192 Å². The van der Waals surface area contributed by atoms with Gasteiger partial charge in [-0.25, -0.2) is 0 Å². The van der Waals surface area contributed by atoms with Crippen LogP contribution >= 0.6 is 11.6 Å². The Morgan fingerprint density at radius 2 is 1.75 bits per heavy atom. The Kier molecular flexibility index (Phi) is 8.71. The molecule has 0 fully saturated rings. The van der Waals surface area contributed by atoms with Gasteiger partial charge in [-0.05, 0) is 36.2 Å². The summed E-state index contributed by atoms with van der Waals surface area (Å²) in [6, 6.07) is 20.3. The highest BCUT2D eigenvalue weighted by Crippen LogP contribution is 2.29. The molecule has 32 heavy (non-hydrogen) atoms. The van der Waals surface area contributed by atoms with E-state index in [1.807, 2.05) is 55.5 Å². The van der Waals surface area contributed by atoms with Gasteiger partial charge in [0.05, 0.1) is 22.2 Å². The summed E-state index contributed by atoms with van der Waals surface area (Å²) < 4.78 is 11.7. The smallest absolute Gasteiger partial charge is 0.271 e. The predicted octanol–water partition coefficient (Wildman–Crippen LogP) is 5.43. The van der Waals surface area contributed by atoms with E-state index in [0.717, 1.165) is 16.9 Å². The zero-order chi connectivity index (χ0) is 22.8. The molecule has 0 aromatic heterocycles. The number of nitro benzene ring substituents is 1. The second-order valence-corrected chi connectivity index (χ2v) is 7.42. The Morgan fingerprint density at radius 3 is 2.47 bits per heavy atom. The predicted molar refractivity (Wildman–Crippen MR) is 127 cm³/mol. The average Bonchev–Trinajstić information content (AvgIpc) is 2.80. The molecule has 8 heteroatoms. The van der Waals surface area contributed by atoms with Gasteiger partial charge in [-0.1, -0.05) is 48.0 Å². The summed E-state index contributed by atoms with van der Waals surface area (Å²) in [5.41, 5.74) is 2.81. The van der Waals surface area contributed by atoms with Gasteiger partial charge in [0.25, 0.3) is 5.69 Å². The van der Waals surface area contributed by atoms with Gasteiger partial charge in [-0.2, -0.15) is 0 Å². The molecular formula is C24H26ClN3O4. The molecule has 0 unspecified atom stereocenters. The largest absolute Gasteiger partial charge is 0.490 e. The van der Waals surface area contributed by atoms with Crippen molar-refractivity contribution in [3.63, 3.8) is 0 Å². The lowest BCUT2D eigenvalue weighted by Gasteiger charge is -2.14. The maximum absolute atomic E-state index is 10.8. The SMILES string of the molecule is CCOc1cc(CNCCNc2ccc([N+](=O)[O-])cc2Cl)ccc1OCc1ccccc1. The molecule has 0 spiro atoms. The van der Waals surface area contributed by atoms with Crippen LogP contribution in [0.5, 0.6) is 11.5 Å². The molecule has 0 aliphatic rings. The number of ether oxygens (including phenoxy) is 2. The van der Waals surface area contributed by atoms with Crippen LogP contribution in [0.15, 0.2) is 66.7 Å². The van der Waals surface area contributed by atoms with Crippen molar-refractivity contribution in [3.05, 3.63) is 93.0 Å². The van der Waals surface area contributed by atoms with Crippen LogP contribution in [0.25, 0.3) is 0 Å².